The summed E-state index contributed by atoms with van der Waals surface area (Å²) in [4.78, 5) is 8.78. The number of pyridine rings is 2. The molecule has 5 aromatic heterocycles. The van der Waals surface area contributed by atoms with Crippen LogP contribution >= 0.6 is 0 Å². The van der Waals surface area contributed by atoms with Crippen molar-refractivity contribution < 1.29 is 24.5 Å². The van der Waals surface area contributed by atoms with Crippen LogP contribution in [-0.2, 0) is 25.5 Å². The van der Waals surface area contributed by atoms with Crippen molar-refractivity contribution in [1.82, 2.24) is 14.4 Å². The van der Waals surface area contributed by atoms with Gasteiger partial charge >= 0.3 is 0 Å². The Bertz CT molecular complexity index is 2710. The van der Waals surface area contributed by atoms with Crippen molar-refractivity contribution in [3.05, 3.63) is 151 Å². The van der Waals surface area contributed by atoms with E-state index in [2.05, 4.69) is 102 Å². The minimum atomic E-state index is -0.0558. The maximum absolute atomic E-state index is 6.57. The zero-order chi connectivity index (χ0) is 32.4. The summed E-state index contributed by atoms with van der Waals surface area (Å²) in [6.07, 6.45) is 3.62. The first-order chi connectivity index (χ1) is 23.5. The molecule has 0 spiro atoms. The first-order valence-corrected chi connectivity index (χ1v) is 16.3. The normalized spacial score (nSPS) is 11.8. The van der Waals surface area contributed by atoms with Gasteiger partial charge in [-0.25, -0.2) is 0 Å². The summed E-state index contributed by atoms with van der Waals surface area (Å²) in [7, 11) is 0. The molecule has 0 saturated carbocycles. The number of fused-ring (bicyclic) bond motifs is 10. The molecule has 0 fully saturated rings. The first-order valence-electron chi connectivity index (χ1n) is 16.3. The number of rotatable bonds is 2. The molecular formula is C44H31IrN3O-2. The molecule has 49 heavy (non-hydrogen) atoms. The van der Waals surface area contributed by atoms with Crippen LogP contribution in [0.3, 0.4) is 0 Å². The number of hydrogen-bond acceptors (Lipinski definition) is 3. The summed E-state index contributed by atoms with van der Waals surface area (Å²) < 4.78 is 9.00. The molecule has 4 nitrogen and oxygen atoms in total. The van der Waals surface area contributed by atoms with Crippen molar-refractivity contribution in [3.8, 4) is 22.5 Å². The molecule has 10 aromatic rings. The molecular weight excluding hydrogens is 779 g/mol. The Hall–Kier alpha value is -5.35. The van der Waals surface area contributed by atoms with Gasteiger partial charge in [0, 0.05) is 54.2 Å². The Balaban J connectivity index is 0.000000228. The van der Waals surface area contributed by atoms with Crippen molar-refractivity contribution in [2.24, 2.45) is 0 Å². The van der Waals surface area contributed by atoms with Crippen molar-refractivity contribution in [2.75, 3.05) is 0 Å². The van der Waals surface area contributed by atoms with Gasteiger partial charge in [0.15, 0.2) is 0 Å². The number of nitrogens with zero attached hydrogens (tertiary/aromatic N) is 3. The zero-order valence-corrected chi connectivity index (χ0v) is 29.7. The second-order valence-corrected chi connectivity index (χ2v) is 13.3. The van der Waals surface area contributed by atoms with E-state index < -0.39 is 0 Å². The average Bonchev–Trinajstić information content (AvgIpc) is 3.79. The Morgan fingerprint density at radius 1 is 0.612 bits per heavy atom. The van der Waals surface area contributed by atoms with Crippen LogP contribution in [0.4, 0.5) is 0 Å². The van der Waals surface area contributed by atoms with Gasteiger partial charge in [0.1, 0.15) is 11.2 Å². The topological polar surface area (TPSA) is 43.3 Å². The van der Waals surface area contributed by atoms with Gasteiger partial charge in [-0.05, 0) is 52.0 Å². The van der Waals surface area contributed by atoms with Gasteiger partial charge in [-0.2, -0.15) is 0 Å². The third-order valence-corrected chi connectivity index (χ3v) is 9.25. The van der Waals surface area contributed by atoms with E-state index in [0.717, 1.165) is 44.6 Å². The summed E-state index contributed by atoms with van der Waals surface area (Å²) >= 11 is 0. The van der Waals surface area contributed by atoms with Crippen molar-refractivity contribution in [1.29, 1.82) is 0 Å². The SMILES string of the molecule is CC(C)(C)c1cc2c3cccc4c5cc(-c6ccccn6)[c-]cc5n(c43)c2c2c1oc1ccccc12.[Ir].[c-]1ccccc1-c1ccccn1. The van der Waals surface area contributed by atoms with Crippen LogP contribution in [0, 0.1) is 12.1 Å². The molecule has 10 rings (SSSR count). The maximum atomic E-state index is 6.57. The summed E-state index contributed by atoms with van der Waals surface area (Å²) in [6, 6.07) is 48.2. The molecule has 0 aliphatic rings. The molecule has 0 N–H and O–H groups in total. The van der Waals surface area contributed by atoms with E-state index in [1.165, 1.54) is 43.5 Å². The molecule has 5 aromatic carbocycles. The molecule has 0 bridgehead atoms. The van der Waals surface area contributed by atoms with Crippen molar-refractivity contribution >= 4 is 60.0 Å². The fourth-order valence-corrected chi connectivity index (χ4v) is 7.08. The fraction of sp³-hybridized carbons (Fsp3) is 0.0909. The second-order valence-electron chi connectivity index (χ2n) is 13.3. The summed E-state index contributed by atoms with van der Waals surface area (Å²) in [6.45, 7) is 6.79. The first kappa shape index (κ1) is 30.9. The Kier molecular flexibility index (Phi) is 7.55. The van der Waals surface area contributed by atoms with Gasteiger partial charge in [0.25, 0.3) is 0 Å². The largest absolute Gasteiger partial charge is 0.456 e. The van der Waals surface area contributed by atoms with Gasteiger partial charge in [-0.15, -0.1) is 59.7 Å². The van der Waals surface area contributed by atoms with E-state index in [0.29, 0.717) is 0 Å². The van der Waals surface area contributed by atoms with Gasteiger partial charge in [0.05, 0.1) is 16.4 Å². The van der Waals surface area contributed by atoms with Crippen LogP contribution in [0.1, 0.15) is 26.3 Å². The van der Waals surface area contributed by atoms with Crippen LogP contribution in [0.2, 0.25) is 0 Å². The van der Waals surface area contributed by atoms with Crippen molar-refractivity contribution in [2.45, 2.75) is 26.2 Å². The molecule has 0 amide bonds. The maximum Gasteiger partial charge on any atom is 0.141 e. The fourth-order valence-electron chi connectivity index (χ4n) is 7.08. The summed E-state index contributed by atoms with van der Waals surface area (Å²) in [5.74, 6) is 0. The smallest absolute Gasteiger partial charge is 0.141 e. The van der Waals surface area contributed by atoms with Crippen LogP contribution in [-0.4, -0.2) is 14.4 Å². The van der Waals surface area contributed by atoms with Gasteiger partial charge in [0.2, 0.25) is 0 Å². The monoisotopic (exact) mass is 810 g/mol. The molecule has 0 atom stereocenters. The minimum Gasteiger partial charge on any atom is -0.456 e. The molecule has 239 valence electrons. The number of aromatic nitrogens is 3. The van der Waals surface area contributed by atoms with E-state index in [9.17, 15) is 0 Å². The third-order valence-electron chi connectivity index (χ3n) is 9.25. The number of benzene rings is 5. The molecule has 5 heteroatoms. The van der Waals surface area contributed by atoms with E-state index in [1.54, 1.807) is 6.20 Å². The van der Waals surface area contributed by atoms with E-state index >= 15 is 0 Å². The van der Waals surface area contributed by atoms with Crippen LogP contribution in [0.15, 0.2) is 138 Å². The second kappa shape index (κ2) is 12.0. The quantitative estimate of drug-likeness (QED) is 0.163. The molecule has 5 heterocycles. The van der Waals surface area contributed by atoms with Crippen molar-refractivity contribution in [3.63, 3.8) is 0 Å². The standard InChI is InChI=1S/C33H23N2O.C11H8N.Ir/c1-33(2,3)25-18-24-21-11-8-10-20-23-17-19(26-12-6-7-16-34-26)14-15-27(23)35(30(20)21)31(24)29-22-9-4-5-13-28(22)36-32(25)29;1-2-6-10(7-3-1)11-8-4-5-9-12-11;/h4-13,15-18H,1-3H3;1-6,8-9H;/q2*-1;. The third kappa shape index (κ3) is 5.01. The number of hydrogen-bond donors (Lipinski definition) is 0. The summed E-state index contributed by atoms with van der Waals surface area (Å²) in [5.41, 5.74) is 10.7. The molecule has 0 unspecified atom stereocenters. The van der Waals surface area contributed by atoms with Crippen LogP contribution in [0.5, 0.6) is 0 Å². The number of para-hydroxylation sites is 2. The van der Waals surface area contributed by atoms with E-state index in [4.69, 9.17) is 4.42 Å². The van der Waals surface area contributed by atoms with Crippen LogP contribution < -0.4 is 0 Å². The molecule has 1 radical (unpaired) electrons. The van der Waals surface area contributed by atoms with Gasteiger partial charge in [-0.3, -0.25) is 0 Å². The van der Waals surface area contributed by atoms with Gasteiger partial charge in [-0.1, -0.05) is 86.8 Å². The van der Waals surface area contributed by atoms with Crippen LogP contribution in [0.25, 0.3) is 82.5 Å². The molecule has 0 aliphatic carbocycles. The Morgan fingerprint density at radius 2 is 1.29 bits per heavy atom. The molecule has 0 aliphatic heterocycles. The predicted molar refractivity (Wildman–Crippen MR) is 198 cm³/mol. The van der Waals surface area contributed by atoms with E-state index in [1.807, 2.05) is 72.9 Å². The minimum absolute atomic E-state index is 0. The number of furan rings is 1. The zero-order valence-electron chi connectivity index (χ0n) is 27.3. The average molecular weight is 810 g/mol. The molecule has 0 saturated heterocycles. The van der Waals surface area contributed by atoms with E-state index in [-0.39, 0.29) is 25.5 Å². The Labute approximate surface area is 297 Å². The predicted octanol–water partition coefficient (Wildman–Crippen LogP) is 11.4. The summed E-state index contributed by atoms with van der Waals surface area (Å²) in [5, 5.41) is 7.37. The Morgan fingerprint density at radius 3 is 1.98 bits per heavy atom. The van der Waals surface area contributed by atoms with Gasteiger partial charge < -0.3 is 18.8 Å².